The third-order valence-corrected chi connectivity index (χ3v) is 3.88. The quantitative estimate of drug-likeness (QED) is 0.906. The lowest BCUT2D eigenvalue weighted by Crippen LogP contribution is -2.33. The van der Waals surface area contributed by atoms with Crippen LogP contribution in [-0.2, 0) is 19.5 Å². The second-order valence-electron chi connectivity index (χ2n) is 5.22. The van der Waals surface area contributed by atoms with Crippen LogP contribution in [0.5, 0.6) is 0 Å². The maximum absolute atomic E-state index is 12.1. The number of hydrogen-bond acceptors (Lipinski definition) is 4. The molecule has 0 saturated carbocycles. The van der Waals surface area contributed by atoms with Gasteiger partial charge in [-0.1, -0.05) is 23.7 Å². The van der Waals surface area contributed by atoms with Gasteiger partial charge in [0.25, 0.3) is 5.56 Å². The van der Waals surface area contributed by atoms with Crippen molar-refractivity contribution in [1.29, 1.82) is 0 Å². The molecule has 0 unspecified atom stereocenters. The standard InChI is InChI=1S/C15H17ClN4O/c1-20(9-10-2-4-11(16)5-3-10)15-18-13-8-17-7-6-12(13)14(21)19-15/h2-5,17H,6-9H2,1H3,(H,18,19,21). The minimum absolute atomic E-state index is 0.0283. The smallest absolute Gasteiger partial charge is 0.255 e. The van der Waals surface area contributed by atoms with E-state index >= 15 is 0 Å². The molecule has 21 heavy (non-hydrogen) atoms. The third-order valence-electron chi connectivity index (χ3n) is 3.63. The average molecular weight is 305 g/mol. The van der Waals surface area contributed by atoms with Gasteiger partial charge in [0.05, 0.1) is 5.69 Å². The number of anilines is 1. The van der Waals surface area contributed by atoms with Crippen molar-refractivity contribution >= 4 is 17.5 Å². The predicted molar refractivity (Wildman–Crippen MR) is 83.8 cm³/mol. The van der Waals surface area contributed by atoms with Gasteiger partial charge in [0.2, 0.25) is 5.95 Å². The fourth-order valence-electron chi connectivity index (χ4n) is 2.47. The maximum Gasteiger partial charge on any atom is 0.255 e. The van der Waals surface area contributed by atoms with Crippen LogP contribution in [0.1, 0.15) is 16.8 Å². The molecule has 0 spiro atoms. The SMILES string of the molecule is CN(Cc1ccc(Cl)cc1)c1nc2c(c(=O)[nH]1)CCNC2. The van der Waals surface area contributed by atoms with E-state index in [1.165, 1.54) is 0 Å². The molecule has 6 heteroatoms. The Morgan fingerprint density at radius 2 is 2.10 bits per heavy atom. The van der Waals surface area contributed by atoms with Gasteiger partial charge in [-0.3, -0.25) is 9.78 Å². The van der Waals surface area contributed by atoms with Gasteiger partial charge in [0.15, 0.2) is 0 Å². The topological polar surface area (TPSA) is 61.0 Å². The Morgan fingerprint density at radius 1 is 1.33 bits per heavy atom. The van der Waals surface area contributed by atoms with Crippen molar-refractivity contribution in [3.63, 3.8) is 0 Å². The van der Waals surface area contributed by atoms with Crippen molar-refractivity contribution in [2.45, 2.75) is 19.5 Å². The van der Waals surface area contributed by atoms with E-state index in [1.54, 1.807) is 0 Å². The lowest BCUT2D eigenvalue weighted by molar-refractivity contribution is 0.616. The van der Waals surface area contributed by atoms with Crippen LogP contribution >= 0.6 is 11.6 Å². The highest BCUT2D eigenvalue weighted by Crippen LogP contribution is 2.15. The molecule has 110 valence electrons. The second-order valence-corrected chi connectivity index (χ2v) is 5.66. The van der Waals surface area contributed by atoms with Crippen LogP contribution < -0.4 is 15.8 Å². The van der Waals surface area contributed by atoms with Gasteiger partial charge in [-0.15, -0.1) is 0 Å². The zero-order valence-electron chi connectivity index (χ0n) is 11.8. The molecule has 2 N–H and O–H groups in total. The van der Waals surface area contributed by atoms with Crippen LogP contribution in [0.2, 0.25) is 5.02 Å². The summed E-state index contributed by atoms with van der Waals surface area (Å²) < 4.78 is 0. The average Bonchev–Trinajstić information content (AvgIpc) is 2.49. The number of H-pyrrole nitrogens is 1. The van der Waals surface area contributed by atoms with Gasteiger partial charge in [-0.2, -0.15) is 0 Å². The first-order valence-electron chi connectivity index (χ1n) is 6.92. The van der Waals surface area contributed by atoms with Crippen molar-refractivity contribution in [2.75, 3.05) is 18.5 Å². The molecular formula is C15H17ClN4O. The molecule has 1 aliphatic heterocycles. The summed E-state index contributed by atoms with van der Waals surface area (Å²) in [6.45, 7) is 2.14. The van der Waals surface area contributed by atoms with E-state index in [0.717, 1.165) is 29.8 Å². The molecular weight excluding hydrogens is 288 g/mol. The minimum Gasteiger partial charge on any atom is -0.341 e. The molecule has 0 saturated heterocycles. The number of hydrogen-bond donors (Lipinski definition) is 2. The third kappa shape index (κ3) is 3.09. The Labute approximate surface area is 128 Å². The van der Waals surface area contributed by atoms with Gasteiger partial charge in [-0.05, 0) is 30.7 Å². The zero-order chi connectivity index (χ0) is 14.8. The number of rotatable bonds is 3. The van der Waals surface area contributed by atoms with E-state index in [9.17, 15) is 4.79 Å². The van der Waals surface area contributed by atoms with Crippen molar-refractivity contribution in [3.05, 3.63) is 56.5 Å². The molecule has 0 fully saturated rings. The van der Waals surface area contributed by atoms with Gasteiger partial charge in [0.1, 0.15) is 0 Å². The molecule has 1 aromatic heterocycles. The van der Waals surface area contributed by atoms with E-state index in [0.29, 0.717) is 24.1 Å². The highest BCUT2D eigenvalue weighted by molar-refractivity contribution is 6.30. The summed E-state index contributed by atoms with van der Waals surface area (Å²) in [5.74, 6) is 0.595. The summed E-state index contributed by atoms with van der Waals surface area (Å²) in [5.41, 5.74) is 2.74. The molecule has 0 aliphatic carbocycles. The van der Waals surface area contributed by atoms with Crippen LogP contribution in [-0.4, -0.2) is 23.6 Å². The number of benzene rings is 1. The normalized spacial score (nSPS) is 13.8. The summed E-state index contributed by atoms with van der Waals surface area (Å²) in [6.07, 6.45) is 0.735. The fraction of sp³-hybridized carbons (Fsp3) is 0.333. The van der Waals surface area contributed by atoms with Gasteiger partial charge in [0, 0.05) is 30.7 Å². The van der Waals surface area contributed by atoms with E-state index in [-0.39, 0.29) is 5.56 Å². The van der Waals surface area contributed by atoms with Crippen LogP contribution in [0.15, 0.2) is 29.1 Å². The minimum atomic E-state index is -0.0283. The summed E-state index contributed by atoms with van der Waals surface area (Å²) in [7, 11) is 1.91. The van der Waals surface area contributed by atoms with E-state index in [1.807, 2.05) is 36.2 Å². The predicted octanol–water partition coefficient (Wildman–Crippen LogP) is 1.71. The monoisotopic (exact) mass is 304 g/mol. The molecule has 1 aromatic carbocycles. The Hall–Kier alpha value is -1.85. The number of nitrogens with one attached hydrogen (secondary N) is 2. The molecule has 5 nitrogen and oxygen atoms in total. The molecule has 0 atom stereocenters. The molecule has 0 amide bonds. The van der Waals surface area contributed by atoms with Crippen molar-refractivity contribution in [1.82, 2.24) is 15.3 Å². The summed E-state index contributed by atoms with van der Waals surface area (Å²) >= 11 is 5.88. The molecule has 2 heterocycles. The number of fused-ring (bicyclic) bond motifs is 1. The lowest BCUT2D eigenvalue weighted by Gasteiger charge is -2.21. The van der Waals surface area contributed by atoms with Crippen LogP contribution in [0.25, 0.3) is 0 Å². The molecule has 0 radical (unpaired) electrons. The molecule has 3 rings (SSSR count). The molecule has 0 bridgehead atoms. The summed E-state index contributed by atoms with van der Waals surface area (Å²) in [4.78, 5) is 21.5. The first kappa shape index (κ1) is 14.1. The fourth-order valence-corrected chi connectivity index (χ4v) is 2.60. The molecule has 2 aromatic rings. The number of aromatic amines is 1. The van der Waals surface area contributed by atoms with E-state index < -0.39 is 0 Å². The van der Waals surface area contributed by atoms with E-state index in [4.69, 9.17) is 11.6 Å². The summed E-state index contributed by atoms with van der Waals surface area (Å²) in [6, 6.07) is 7.66. The van der Waals surface area contributed by atoms with Crippen molar-refractivity contribution in [3.8, 4) is 0 Å². The van der Waals surface area contributed by atoms with Gasteiger partial charge < -0.3 is 10.2 Å². The Bertz CT molecular complexity index is 696. The molecule has 1 aliphatic rings. The largest absolute Gasteiger partial charge is 0.341 e. The number of halogens is 1. The maximum atomic E-state index is 12.1. The van der Waals surface area contributed by atoms with Crippen molar-refractivity contribution in [2.24, 2.45) is 0 Å². The van der Waals surface area contributed by atoms with Crippen LogP contribution in [0.3, 0.4) is 0 Å². The lowest BCUT2D eigenvalue weighted by atomic mass is 10.1. The van der Waals surface area contributed by atoms with Crippen molar-refractivity contribution < 1.29 is 0 Å². The van der Waals surface area contributed by atoms with E-state index in [2.05, 4.69) is 15.3 Å². The Kier molecular flexibility index (Phi) is 3.94. The van der Waals surface area contributed by atoms with Gasteiger partial charge in [-0.25, -0.2) is 4.98 Å². The Balaban J connectivity index is 1.84. The summed E-state index contributed by atoms with van der Waals surface area (Å²) in [5, 5.41) is 3.96. The van der Waals surface area contributed by atoms with Gasteiger partial charge >= 0.3 is 0 Å². The first-order chi connectivity index (χ1) is 10.1. The number of nitrogens with zero attached hydrogens (tertiary/aromatic N) is 2. The van der Waals surface area contributed by atoms with Crippen LogP contribution in [0, 0.1) is 0 Å². The highest BCUT2D eigenvalue weighted by Gasteiger charge is 2.16. The first-order valence-corrected chi connectivity index (χ1v) is 7.29. The Morgan fingerprint density at radius 3 is 2.86 bits per heavy atom. The van der Waals surface area contributed by atoms with Crippen LogP contribution in [0.4, 0.5) is 5.95 Å². The number of aromatic nitrogens is 2. The zero-order valence-corrected chi connectivity index (χ0v) is 12.6. The second kappa shape index (κ2) is 5.87. The highest BCUT2D eigenvalue weighted by atomic mass is 35.5.